The van der Waals surface area contributed by atoms with Crippen LogP contribution in [0.3, 0.4) is 0 Å². The second-order valence-electron chi connectivity index (χ2n) is 6.71. The van der Waals surface area contributed by atoms with Crippen molar-refractivity contribution in [3.63, 3.8) is 0 Å². The largest absolute Gasteiger partial charge is 0.336 e. The summed E-state index contributed by atoms with van der Waals surface area (Å²) in [6.45, 7) is 2.11. The molecule has 144 valence electrons. The molecule has 0 spiro atoms. The minimum atomic E-state index is -0.423. The molecule has 4 rings (SSSR count). The van der Waals surface area contributed by atoms with Crippen molar-refractivity contribution in [2.75, 3.05) is 0 Å². The molecule has 2 heterocycles. The first kappa shape index (κ1) is 18.6. The van der Waals surface area contributed by atoms with Gasteiger partial charge in [0.05, 0.1) is 23.1 Å². The standard InChI is InChI=1S/C23H19N3O3/c1-2-21(27)17-9-7-16(8-10-17)15-25-20-6-4-3-5-19(20)22(28)26(23(25)29)18-11-13-24-14-12-18/h3-14H,2,15H2,1H3. The SMILES string of the molecule is CCC(=O)c1ccc(Cn2c(=O)n(-c3ccncc3)c(=O)c3ccccc32)cc1. The zero-order valence-corrected chi connectivity index (χ0v) is 15.9. The van der Waals surface area contributed by atoms with Crippen molar-refractivity contribution in [2.24, 2.45) is 0 Å². The van der Waals surface area contributed by atoms with Crippen LogP contribution in [-0.2, 0) is 6.54 Å². The van der Waals surface area contributed by atoms with E-state index in [2.05, 4.69) is 4.98 Å². The van der Waals surface area contributed by atoms with E-state index >= 15 is 0 Å². The summed E-state index contributed by atoms with van der Waals surface area (Å²) >= 11 is 0. The maximum absolute atomic E-state index is 13.3. The van der Waals surface area contributed by atoms with Gasteiger partial charge in [-0.3, -0.25) is 19.1 Å². The van der Waals surface area contributed by atoms with Crippen molar-refractivity contribution in [1.82, 2.24) is 14.1 Å². The quantitative estimate of drug-likeness (QED) is 0.495. The summed E-state index contributed by atoms with van der Waals surface area (Å²) in [5.74, 6) is 0.0744. The molecule has 0 saturated heterocycles. The Bertz CT molecular complexity index is 1300. The van der Waals surface area contributed by atoms with Crippen molar-refractivity contribution in [1.29, 1.82) is 0 Å². The molecule has 4 aromatic rings. The van der Waals surface area contributed by atoms with Crippen molar-refractivity contribution < 1.29 is 4.79 Å². The Morgan fingerprint density at radius 1 is 0.931 bits per heavy atom. The van der Waals surface area contributed by atoms with Crippen LogP contribution in [0.1, 0.15) is 29.3 Å². The van der Waals surface area contributed by atoms with Gasteiger partial charge in [0.15, 0.2) is 5.78 Å². The van der Waals surface area contributed by atoms with Gasteiger partial charge in [-0.05, 0) is 29.8 Å². The Balaban J connectivity index is 1.89. The number of benzene rings is 2. The van der Waals surface area contributed by atoms with E-state index in [-0.39, 0.29) is 17.9 Å². The average Bonchev–Trinajstić information content (AvgIpc) is 2.77. The van der Waals surface area contributed by atoms with E-state index in [1.807, 2.05) is 19.1 Å². The van der Waals surface area contributed by atoms with Gasteiger partial charge >= 0.3 is 5.69 Å². The first-order chi connectivity index (χ1) is 14.1. The van der Waals surface area contributed by atoms with Gasteiger partial charge in [-0.2, -0.15) is 0 Å². The Morgan fingerprint density at radius 2 is 1.62 bits per heavy atom. The fourth-order valence-corrected chi connectivity index (χ4v) is 3.38. The maximum Gasteiger partial charge on any atom is 0.336 e. The molecule has 0 bridgehead atoms. The lowest BCUT2D eigenvalue weighted by Crippen LogP contribution is -2.39. The fourth-order valence-electron chi connectivity index (χ4n) is 3.38. The van der Waals surface area contributed by atoms with Gasteiger partial charge in [0, 0.05) is 24.4 Å². The normalized spacial score (nSPS) is 10.9. The van der Waals surface area contributed by atoms with Crippen molar-refractivity contribution in [3.8, 4) is 5.69 Å². The van der Waals surface area contributed by atoms with Crippen molar-refractivity contribution >= 4 is 16.7 Å². The van der Waals surface area contributed by atoms with E-state index in [4.69, 9.17) is 0 Å². The molecule has 0 amide bonds. The average molecular weight is 385 g/mol. The van der Waals surface area contributed by atoms with Crippen LogP contribution in [0.4, 0.5) is 0 Å². The number of para-hydroxylation sites is 1. The number of nitrogens with zero attached hydrogens (tertiary/aromatic N) is 3. The molecule has 2 aromatic carbocycles. The zero-order valence-electron chi connectivity index (χ0n) is 15.9. The molecule has 0 N–H and O–H groups in total. The van der Waals surface area contributed by atoms with Gasteiger partial charge in [-0.25, -0.2) is 9.36 Å². The van der Waals surface area contributed by atoms with Crippen LogP contribution in [0.2, 0.25) is 0 Å². The molecule has 0 aliphatic heterocycles. The second kappa shape index (κ2) is 7.67. The number of pyridine rings is 1. The molecule has 0 aliphatic carbocycles. The third kappa shape index (κ3) is 3.40. The molecule has 0 saturated carbocycles. The number of carbonyl (C=O) groups excluding carboxylic acids is 1. The molecule has 6 nitrogen and oxygen atoms in total. The first-order valence-electron chi connectivity index (χ1n) is 9.37. The summed E-state index contributed by atoms with van der Waals surface area (Å²) in [6.07, 6.45) is 3.54. The highest BCUT2D eigenvalue weighted by Gasteiger charge is 2.14. The number of Topliss-reactive ketones (excluding diaryl/α,β-unsaturated/α-hetero) is 1. The Labute approximate surface area is 166 Å². The van der Waals surface area contributed by atoms with Gasteiger partial charge in [-0.1, -0.05) is 43.3 Å². The molecule has 0 radical (unpaired) electrons. The van der Waals surface area contributed by atoms with Gasteiger partial charge < -0.3 is 0 Å². The van der Waals surface area contributed by atoms with Crippen molar-refractivity contribution in [3.05, 3.63) is 105 Å². The number of carbonyl (C=O) groups is 1. The molecular weight excluding hydrogens is 366 g/mol. The Kier molecular flexibility index (Phi) is 4.91. The predicted molar refractivity (Wildman–Crippen MR) is 112 cm³/mol. The lowest BCUT2D eigenvalue weighted by Gasteiger charge is -2.14. The molecule has 6 heteroatoms. The summed E-state index contributed by atoms with van der Waals surface area (Å²) in [5.41, 5.74) is 1.77. The van der Waals surface area contributed by atoms with E-state index in [1.165, 1.54) is 4.57 Å². The van der Waals surface area contributed by atoms with Crippen LogP contribution in [0.25, 0.3) is 16.6 Å². The Morgan fingerprint density at radius 3 is 2.31 bits per heavy atom. The second-order valence-corrected chi connectivity index (χ2v) is 6.71. The molecule has 0 fully saturated rings. The highest BCUT2D eigenvalue weighted by Crippen LogP contribution is 2.13. The minimum absolute atomic E-state index is 0.0744. The first-order valence-corrected chi connectivity index (χ1v) is 9.37. The molecule has 0 unspecified atom stereocenters. The lowest BCUT2D eigenvalue weighted by molar-refractivity contribution is 0.0988. The maximum atomic E-state index is 13.3. The molecule has 0 aliphatic rings. The minimum Gasteiger partial charge on any atom is -0.294 e. The highest BCUT2D eigenvalue weighted by molar-refractivity contribution is 5.95. The summed E-state index contributed by atoms with van der Waals surface area (Å²) in [6, 6.07) is 17.6. The zero-order chi connectivity index (χ0) is 20.4. The molecule has 0 atom stereocenters. The number of fused-ring (bicyclic) bond motifs is 1. The summed E-state index contributed by atoms with van der Waals surface area (Å²) < 4.78 is 2.74. The third-order valence-electron chi connectivity index (χ3n) is 4.91. The van der Waals surface area contributed by atoms with Gasteiger partial charge in [0.1, 0.15) is 0 Å². The molecular formula is C23H19N3O3. The van der Waals surface area contributed by atoms with E-state index in [0.717, 1.165) is 5.56 Å². The number of aromatic nitrogens is 3. The van der Waals surface area contributed by atoms with E-state index in [0.29, 0.717) is 28.6 Å². The summed E-state index contributed by atoms with van der Waals surface area (Å²) in [4.78, 5) is 42.1. The van der Waals surface area contributed by atoms with Crippen LogP contribution in [0.15, 0.2) is 82.6 Å². The number of ketones is 1. The van der Waals surface area contributed by atoms with Crippen LogP contribution in [0, 0.1) is 0 Å². The van der Waals surface area contributed by atoms with Gasteiger partial charge in [0.25, 0.3) is 5.56 Å². The van der Waals surface area contributed by atoms with E-state index in [1.54, 1.807) is 65.5 Å². The number of hydrogen-bond acceptors (Lipinski definition) is 4. The summed E-state index contributed by atoms with van der Waals surface area (Å²) in [5, 5.41) is 0.460. The monoisotopic (exact) mass is 385 g/mol. The lowest BCUT2D eigenvalue weighted by atomic mass is 10.1. The fraction of sp³-hybridized carbons (Fsp3) is 0.130. The van der Waals surface area contributed by atoms with Crippen LogP contribution in [-0.4, -0.2) is 19.9 Å². The van der Waals surface area contributed by atoms with E-state index < -0.39 is 5.69 Å². The van der Waals surface area contributed by atoms with Gasteiger partial charge in [-0.15, -0.1) is 0 Å². The van der Waals surface area contributed by atoms with Crippen molar-refractivity contribution in [2.45, 2.75) is 19.9 Å². The van der Waals surface area contributed by atoms with Crippen LogP contribution in [0.5, 0.6) is 0 Å². The topological polar surface area (TPSA) is 74.0 Å². The van der Waals surface area contributed by atoms with Crippen LogP contribution < -0.4 is 11.2 Å². The summed E-state index contributed by atoms with van der Waals surface area (Å²) in [7, 11) is 0. The van der Waals surface area contributed by atoms with Crippen LogP contribution >= 0.6 is 0 Å². The number of hydrogen-bond donors (Lipinski definition) is 0. The predicted octanol–water partition coefficient (Wildman–Crippen LogP) is 3.19. The van der Waals surface area contributed by atoms with Gasteiger partial charge in [0.2, 0.25) is 0 Å². The smallest absolute Gasteiger partial charge is 0.294 e. The highest BCUT2D eigenvalue weighted by atomic mass is 16.2. The Hall–Kier alpha value is -3.80. The molecule has 2 aromatic heterocycles. The molecule has 29 heavy (non-hydrogen) atoms. The number of rotatable bonds is 5. The third-order valence-corrected chi connectivity index (χ3v) is 4.91. The van der Waals surface area contributed by atoms with E-state index in [9.17, 15) is 14.4 Å².